The summed E-state index contributed by atoms with van der Waals surface area (Å²) in [6.07, 6.45) is -2.06. The van der Waals surface area contributed by atoms with Crippen LogP contribution in [0.25, 0.3) is 0 Å². The Labute approximate surface area is 233 Å². The molecule has 0 radical (unpaired) electrons. The average Bonchev–Trinajstić information content (AvgIpc) is 3.53. The minimum atomic E-state index is -4.22. The summed E-state index contributed by atoms with van der Waals surface area (Å²) >= 11 is 0. The molecule has 0 unspecified atom stereocenters. The summed E-state index contributed by atoms with van der Waals surface area (Å²) in [4.78, 5) is 12.7. The Hall–Kier alpha value is -3.08. The molecule has 0 saturated carbocycles. The first-order valence-corrected chi connectivity index (χ1v) is 14.6. The minimum absolute atomic E-state index is 0.0453. The zero-order valence-corrected chi connectivity index (χ0v) is 23.2. The highest BCUT2D eigenvalue weighted by Gasteiger charge is 2.44. The topological polar surface area (TPSA) is 138 Å². The van der Waals surface area contributed by atoms with E-state index in [9.17, 15) is 28.0 Å². The van der Waals surface area contributed by atoms with Gasteiger partial charge in [-0.05, 0) is 42.5 Å². The van der Waals surface area contributed by atoms with E-state index in [1.54, 1.807) is 6.07 Å². The predicted molar refractivity (Wildman–Crippen MR) is 142 cm³/mol. The van der Waals surface area contributed by atoms with Crippen LogP contribution < -0.4 is 5.32 Å². The number of halogens is 1. The second-order valence-corrected chi connectivity index (χ2v) is 12.4. The number of rotatable bonds is 11. The molecule has 0 spiro atoms. The van der Waals surface area contributed by atoms with Gasteiger partial charge in [-0.1, -0.05) is 44.2 Å². The first-order chi connectivity index (χ1) is 19.1. The first kappa shape index (κ1) is 29.9. The molecular formula is C28H34FN3O7S. The van der Waals surface area contributed by atoms with Crippen LogP contribution in [0.5, 0.6) is 0 Å². The number of nitrogens with one attached hydrogen (secondary N) is 1. The number of nitrogens with zero attached hydrogens (tertiary/aromatic N) is 2. The number of benzene rings is 2. The number of hydrogen-bond acceptors (Lipinski definition) is 8. The maximum absolute atomic E-state index is 13.9. The van der Waals surface area contributed by atoms with Crippen molar-refractivity contribution in [2.45, 2.75) is 56.1 Å². The fourth-order valence-electron chi connectivity index (χ4n) is 4.94. The molecule has 0 bridgehead atoms. The Balaban J connectivity index is 1.54. The monoisotopic (exact) mass is 575 g/mol. The standard InChI is InChI=1S/C28H34FN3O7S/c1-18(2)15-32(40(35,36)21-8-9-23(29)20(13-21)14-30)16-25(33)24(12-19-6-4-3-5-7-19)31-28(34)39-26-17-38-27-22(26)10-11-37-27/h3-9,13,18,22,24-27,33H,10-12,15-17H2,1-2H3,(H,31,34)/t22-,24-,25+,26-,27+/m0/s1. The fourth-order valence-corrected chi connectivity index (χ4v) is 6.58. The van der Waals surface area contributed by atoms with Gasteiger partial charge in [0.1, 0.15) is 18.0 Å². The number of sulfonamides is 1. The summed E-state index contributed by atoms with van der Waals surface area (Å²) in [6.45, 7) is 4.06. The van der Waals surface area contributed by atoms with Gasteiger partial charge >= 0.3 is 6.09 Å². The van der Waals surface area contributed by atoms with Crippen molar-refractivity contribution < 1.29 is 36.9 Å². The molecule has 10 nitrogen and oxygen atoms in total. The number of ether oxygens (including phenoxy) is 3. The lowest BCUT2D eigenvalue weighted by molar-refractivity contribution is -0.0907. The molecule has 1 amide bonds. The number of nitriles is 1. The van der Waals surface area contributed by atoms with Crippen LogP contribution in [0.3, 0.4) is 0 Å². The third kappa shape index (κ3) is 7.16. The summed E-state index contributed by atoms with van der Waals surface area (Å²) in [7, 11) is -4.22. The van der Waals surface area contributed by atoms with Gasteiger partial charge in [0.05, 0.1) is 41.7 Å². The van der Waals surface area contributed by atoms with E-state index in [0.717, 1.165) is 28.1 Å². The highest BCUT2D eigenvalue weighted by atomic mass is 32.2. The first-order valence-electron chi connectivity index (χ1n) is 13.2. The Morgan fingerprint density at radius 2 is 1.98 bits per heavy atom. The Bertz CT molecular complexity index is 1320. The zero-order valence-electron chi connectivity index (χ0n) is 22.4. The lowest BCUT2D eigenvalue weighted by Gasteiger charge is -2.31. The number of carbonyl (C=O) groups is 1. The number of hydrogen-bond donors (Lipinski definition) is 2. The Kier molecular flexibility index (Phi) is 9.76. The van der Waals surface area contributed by atoms with Crippen molar-refractivity contribution in [2.24, 2.45) is 11.8 Å². The second kappa shape index (κ2) is 13.1. The highest BCUT2D eigenvalue weighted by molar-refractivity contribution is 7.89. The van der Waals surface area contributed by atoms with Gasteiger partial charge in [-0.3, -0.25) is 0 Å². The number of amides is 1. The molecule has 2 fully saturated rings. The SMILES string of the molecule is CC(C)CN(C[C@@H](O)[C@H](Cc1ccccc1)NC(=O)O[C@H]1CO[C@H]2OCC[C@H]21)S(=O)(=O)c1ccc(F)c(C#N)c1. The predicted octanol–water partition coefficient (Wildman–Crippen LogP) is 2.80. The third-order valence-corrected chi connectivity index (χ3v) is 8.79. The summed E-state index contributed by atoms with van der Waals surface area (Å²) in [5, 5.41) is 23.2. The van der Waals surface area contributed by atoms with E-state index in [-0.39, 0.29) is 42.8 Å². The van der Waals surface area contributed by atoms with Crippen molar-refractivity contribution >= 4 is 16.1 Å². The summed E-state index contributed by atoms with van der Waals surface area (Å²) < 4.78 is 58.8. The van der Waals surface area contributed by atoms with Gasteiger partial charge in [0.15, 0.2) is 6.29 Å². The third-order valence-electron chi connectivity index (χ3n) is 6.97. The van der Waals surface area contributed by atoms with E-state index in [0.29, 0.717) is 13.0 Å². The second-order valence-electron chi connectivity index (χ2n) is 10.4. The van der Waals surface area contributed by atoms with E-state index in [1.165, 1.54) is 0 Å². The molecule has 0 aromatic heterocycles. The van der Waals surface area contributed by atoms with Crippen molar-refractivity contribution in [1.29, 1.82) is 5.26 Å². The molecule has 2 aliphatic rings. The molecule has 4 rings (SSSR count). The Morgan fingerprint density at radius 1 is 1.23 bits per heavy atom. The van der Waals surface area contributed by atoms with Crippen LogP contribution in [-0.2, 0) is 30.7 Å². The minimum Gasteiger partial charge on any atom is -0.443 e. The van der Waals surface area contributed by atoms with Gasteiger partial charge in [0, 0.05) is 13.1 Å². The van der Waals surface area contributed by atoms with Gasteiger partial charge in [-0.25, -0.2) is 17.6 Å². The Morgan fingerprint density at radius 3 is 2.67 bits per heavy atom. The van der Waals surface area contributed by atoms with Crippen LogP contribution in [0, 0.1) is 29.0 Å². The molecule has 2 N–H and O–H groups in total. The molecule has 0 aliphatic carbocycles. The van der Waals surface area contributed by atoms with Crippen molar-refractivity contribution in [2.75, 3.05) is 26.3 Å². The van der Waals surface area contributed by atoms with Crippen molar-refractivity contribution in [1.82, 2.24) is 9.62 Å². The lowest BCUT2D eigenvalue weighted by atomic mass is 10.0. The van der Waals surface area contributed by atoms with E-state index in [2.05, 4.69) is 5.32 Å². The van der Waals surface area contributed by atoms with Gasteiger partial charge < -0.3 is 24.6 Å². The van der Waals surface area contributed by atoms with E-state index in [4.69, 9.17) is 14.2 Å². The maximum Gasteiger partial charge on any atom is 0.407 e. The van der Waals surface area contributed by atoms with Crippen LogP contribution in [-0.4, -0.2) is 74.8 Å². The van der Waals surface area contributed by atoms with Crippen molar-refractivity contribution in [3.8, 4) is 6.07 Å². The van der Waals surface area contributed by atoms with E-state index >= 15 is 0 Å². The smallest absolute Gasteiger partial charge is 0.407 e. The molecule has 2 aromatic rings. The van der Waals surface area contributed by atoms with Crippen LogP contribution in [0.1, 0.15) is 31.4 Å². The molecule has 5 atom stereocenters. The molecule has 2 heterocycles. The molecule has 2 saturated heterocycles. The number of carbonyl (C=O) groups excluding carboxylic acids is 1. The van der Waals surface area contributed by atoms with Gasteiger partial charge in [0.25, 0.3) is 0 Å². The number of fused-ring (bicyclic) bond motifs is 1. The molecule has 40 heavy (non-hydrogen) atoms. The normalized spacial score (nSPS) is 22.1. The zero-order chi connectivity index (χ0) is 28.9. The number of alkyl carbamates (subject to hydrolysis) is 1. The van der Waals surface area contributed by atoms with Crippen LogP contribution >= 0.6 is 0 Å². The number of aliphatic hydroxyl groups is 1. The molecule has 2 aliphatic heterocycles. The fraction of sp³-hybridized carbons (Fsp3) is 0.500. The summed E-state index contributed by atoms with van der Waals surface area (Å²) in [6, 6.07) is 12.9. The van der Waals surface area contributed by atoms with Crippen LogP contribution in [0.4, 0.5) is 9.18 Å². The van der Waals surface area contributed by atoms with E-state index < -0.39 is 52.0 Å². The van der Waals surface area contributed by atoms with Crippen LogP contribution in [0.15, 0.2) is 53.4 Å². The van der Waals surface area contributed by atoms with Crippen LogP contribution in [0.2, 0.25) is 0 Å². The molecule has 12 heteroatoms. The van der Waals surface area contributed by atoms with Crippen molar-refractivity contribution in [3.05, 3.63) is 65.5 Å². The quantitative estimate of drug-likeness (QED) is 0.417. The number of aliphatic hydroxyl groups excluding tert-OH is 1. The van der Waals surface area contributed by atoms with Gasteiger partial charge in [-0.15, -0.1) is 0 Å². The largest absolute Gasteiger partial charge is 0.443 e. The molecular weight excluding hydrogens is 541 g/mol. The summed E-state index contributed by atoms with van der Waals surface area (Å²) in [5.41, 5.74) is 0.416. The lowest BCUT2D eigenvalue weighted by Crippen LogP contribution is -2.51. The average molecular weight is 576 g/mol. The van der Waals surface area contributed by atoms with Gasteiger partial charge in [-0.2, -0.15) is 9.57 Å². The molecule has 216 valence electrons. The highest BCUT2D eigenvalue weighted by Crippen LogP contribution is 2.33. The van der Waals surface area contributed by atoms with Gasteiger partial charge in [0.2, 0.25) is 10.0 Å². The summed E-state index contributed by atoms with van der Waals surface area (Å²) in [5.74, 6) is -1.01. The maximum atomic E-state index is 13.9. The molecule has 2 aromatic carbocycles. The van der Waals surface area contributed by atoms with E-state index in [1.807, 2.05) is 44.2 Å². The van der Waals surface area contributed by atoms with Crippen molar-refractivity contribution in [3.63, 3.8) is 0 Å².